The van der Waals surface area contributed by atoms with Gasteiger partial charge in [-0.05, 0) is 19.8 Å². The molecule has 1 aromatic rings. The Morgan fingerprint density at radius 2 is 1.82 bits per heavy atom. The monoisotopic (exact) mass is 306 g/mol. The number of ketones is 2. The number of hydrogen-bond acceptors (Lipinski definition) is 3. The number of carbonyl (C=O) groups is 2. The molecule has 2 unspecified atom stereocenters. The number of ether oxygens (including phenoxy) is 1. The van der Waals surface area contributed by atoms with Gasteiger partial charge >= 0.3 is 0 Å². The van der Waals surface area contributed by atoms with Gasteiger partial charge in [-0.2, -0.15) is 0 Å². The van der Waals surface area contributed by atoms with E-state index in [-0.39, 0.29) is 32.3 Å². The first-order valence-corrected chi connectivity index (χ1v) is 7.23. The van der Waals surface area contributed by atoms with E-state index in [2.05, 4.69) is 0 Å². The summed E-state index contributed by atoms with van der Waals surface area (Å²) in [6.07, 6.45) is 3.94. The second-order valence-electron chi connectivity index (χ2n) is 5.68. The van der Waals surface area contributed by atoms with Crippen molar-refractivity contribution >= 4 is 11.6 Å². The van der Waals surface area contributed by atoms with Crippen molar-refractivity contribution in [1.29, 1.82) is 0 Å². The molecule has 0 saturated heterocycles. The van der Waals surface area contributed by atoms with Gasteiger partial charge in [-0.1, -0.05) is 58.0 Å². The van der Waals surface area contributed by atoms with E-state index in [1.54, 1.807) is 14.0 Å². The highest BCUT2D eigenvalue weighted by Crippen LogP contribution is 2.41. The van der Waals surface area contributed by atoms with E-state index in [1.165, 1.54) is 0 Å². The van der Waals surface area contributed by atoms with Crippen molar-refractivity contribution in [3.63, 3.8) is 0 Å². The van der Waals surface area contributed by atoms with Gasteiger partial charge in [-0.3, -0.25) is 9.59 Å². The summed E-state index contributed by atoms with van der Waals surface area (Å²) >= 11 is 0. The van der Waals surface area contributed by atoms with Crippen LogP contribution >= 0.6 is 0 Å². The van der Waals surface area contributed by atoms with Crippen molar-refractivity contribution < 1.29 is 14.3 Å². The van der Waals surface area contributed by atoms with E-state index < -0.39 is 5.60 Å². The number of methoxy groups -OCH3 is 1. The third kappa shape index (κ3) is 4.26. The third-order valence-corrected chi connectivity index (χ3v) is 4.31. The molecule has 1 aliphatic rings. The molecule has 0 N–H and O–H groups in total. The maximum Gasteiger partial charge on any atom is 0.168 e. The standard InChI is InChI=1S/C17H22O3.2CH4/c1-13(18)12-17(20-2)11-7-6-10-15(17)16(19)14-8-4-3-5-9-14;;/h3-5,8-9,15H,6-7,10-12H2,1-2H3;2*1H4. The second-order valence-corrected chi connectivity index (χ2v) is 5.68. The summed E-state index contributed by atoms with van der Waals surface area (Å²) in [5.41, 5.74) is 0.0983. The minimum Gasteiger partial charge on any atom is -0.377 e. The zero-order valence-electron chi connectivity index (χ0n) is 12.2. The molecule has 1 saturated carbocycles. The Kier molecular flexibility index (Phi) is 8.25. The summed E-state index contributed by atoms with van der Waals surface area (Å²) in [5, 5.41) is 0. The van der Waals surface area contributed by atoms with Crippen molar-refractivity contribution in [2.75, 3.05) is 7.11 Å². The number of Topliss-reactive ketones (excluding diaryl/α,β-unsaturated/α-hetero) is 2. The Labute approximate surface area is 135 Å². The molecular formula is C19H30O3. The van der Waals surface area contributed by atoms with Gasteiger partial charge in [0.25, 0.3) is 0 Å². The van der Waals surface area contributed by atoms with Gasteiger partial charge in [0.15, 0.2) is 5.78 Å². The highest BCUT2D eigenvalue weighted by molar-refractivity contribution is 5.99. The average Bonchev–Trinajstić information content (AvgIpc) is 2.47. The lowest BCUT2D eigenvalue weighted by molar-refractivity contribution is -0.129. The van der Waals surface area contributed by atoms with Crippen LogP contribution in [-0.4, -0.2) is 24.3 Å². The van der Waals surface area contributed by atoms with Gasteiger partial charge < -0.3 is 4.74 Å². The first-order valence-electron chi connectivity index (χ1n) is 7.23. The zero-order valence-corrected chi connectivity index (χ0v) is 12.2. The molecule has 2 rings (SSSR count). The van der Waals surface area contributed by atoms with E-state index in [1.807, 2.05) is 30.3 Å². The molecule has 0 heterocycles. The van der Waals surface area contributed by atoms with E-state index in [4.69, 9.17) is 4.74 Å². The minimum atomic E-state index is -0.614. The van der Waals surface area contributed by atoms with Crippen LogP contribution in [0.5, 0.6) is 0 Å². The van der Waals surface area contributed by atoms with Crippen LogP contribution in [0.3, 0.4) is 0 Å². The molecular weight excluding hydrogens is 276 g/mol. The molecule has 1 fully saturated rings. The van der Waals surface area contributed by atoms with Crippen molar-refractivity contribution in [2.45, 2.75) is 59.5 Å². The summed E-state index contributed by atoms with van der Waals surface area (Å²) < 4.78 is 5.70. The number of hydrogen-bond donors (Lipinski definition) is 0. The fourth-order valence-electron chi connectivity index (χ4n) is 3.33. The molecule has 0 spiro atoms. The molecule has 1 aromatic carbocycles. The summed E-state index contributed by atoms with van der Waals surface area (Å²) in [7, 11) is 1.62. The molecule has 0 amide bonds. The molecule has 0 aromatic heterocycles. The molecule has 124 valence electrons. The number of carbonyl (C=O) groups excluding carboxylic acids is 2. The topological polar surface area (TPSA) is 43.4 Å². The smallest absolute Gasteiger partial charge is 0.168 e. The maximum absolute atomic E-state index is 12.8. The van der Waals surface area contributed by atoms with E-state index in [0.717, 1.165) is 25.7 Å². The molecule has 22 heavy (non-hydrogen) atoms. The van der Waals surface area contributed by atoms with Crippen LogP contribution in [0.25, 0.3) is 0 Å². The molecule has 2 atom stereocenters. The van der Waals surface area contributed by atoms with Crippen LogP contribution in [0.2, 0.25) is 0 Å². The van der Waals surface area contributed by atoms with Crippen LogP contribution in [0, 0.1) is 5.92 Å². The van der Waals surface area contributed by atoms with Crippen molar-refractivity contribution in [2.24, 2.45) is 5.92 Å². The number of rotatable bonds is 5. The Hall–Kier alpha value is -1.48. The summed E-state index contributed by atoms with van der Waals surface area (Å²) in [4.78, 5) is 24.4. The van der Waals surface area contributed by atoms with E-state index in [0.29, 0.717) is 12.0 Å². The lowest BCUT2D eigenvalue weighted by atomic mass is 9.69. The average molecular weight is 306 g/mol. The Morgan fingerprint density at radius 1 is 1.18 bits per heavy atom. The Balaban J connectivity index is 0.00000220. The predicted molar refractivity (Wildman–Crippen MR) is 91.2 cm³/mol. The lowest BCUT2D eigenvalue weighted by Crippen LogP contribution is -2.47. The van der Waals surface area contributed by atoms with Gasteiger partial charge in [0.05, 0.1) is 11.5 Å². The number of benzene rings is 1. The van der Waals surface area contributed by atoms with Crippen molar-refractivity contribution in [3.05, 3.63) is 35.9 Å². The molecule has 0 bridgehead atoms. The largest absolute Gasteiger partial charge is 0.377 e. The molecule has 0 aliphatic heterocycles. The molecule has 1 aliphatic carbocycles. The van der Waals surface area contributed by atoms with E-state index >= 15 is 0 Å². The summed E-state index contributed by atoms with van der Waals surface area (Å²) in [6, 6.07) is 9.32. The van der Waals surface area contributed by atoms with E-state index in [9.17, 15) is 9.59 Å². The fraction of sp³-hybridized carbons (Fsp3) is 0.579. The molecule has 3 heteroatoms. The van der Waals surface area contributed by atoms with Crippen LogP contribution in [0.4, 0.5) is 0 Å². The maximum atomic E-state index is 12.8. The Morgan fingerprint density at radius 3 is 2.36 bits per heavy atom. The van der Waals surface area contributed by atoms with Crippen LogP contribution < -0.4 is 0 Å². The van der Waals surface area contributed by atoms with Gasteiger partial charge in [0.1, 0.15) is 5.78 Å². The van der Waals surface area contributed by atoms with Gasteiger partial charge in [0.2, 0.25) is 0 Å². The summed E-state index contributed by atoms with van der Waals surface area (Å²) in [5.74, 6) is -0.0273. The van der Waals surface area contributed by atoms with Gasteiger partial charge in [-0.25, -0.2) is 0 Å². The fourth-order valence-corrected chi connectivity index (χ4v) is 3.33. The first-order chi connectivity index (χ1) is 9.59. The Bertz CT molecular complexity index is 481. The van der Waals surface area contributed by atoms with Gasteiger partial charge in [0, 0.05) is 19.1 Å². The van der Waals surface area contributed by atoms with Crippen LogP contribution in [0.15, 0.2) is 30.3 Å². The van der Waals surface area contributed by atoms with Crippen molar-refractivity contribution in [3.8, 4) is 0 Å². The zero-order chi connectivity index (χ0) is 14.6. The molecule has 0 radical (unpaired) electrons. The van der Waals surface area contributed by atoms with Gasteiger partial charge in [-0.15, -0.1) is 0 Å². The van der Waals surface area contributed by atoms with Crippen LogP contribution in [0.1, 0.15) is 64.2 Å². The molecule has 3 nitrogen and oxygen atoms in total. The summed E-state index contributed by atoms with van der Waals surface area (Å²) in [6.45, 7) is 1.57. The first kappa shape index (κ1) is 20.5. The van der Waals surface area contributed by atoms with Crippen molar-refractivity contribution in [1.82, 2.24) is 0 Å². The SMILES string of the molecule is C.C.COC1(CC(C)=O)CCCCC1C(=O)c1ccccc1. The van der Waals surface area contributed by atoms with Crippen LogP contribution in [-0.2, 0) is 9.53 Å². The lowest BCUT2D eigenvalue weighted by Gasteiger charge is -2.41. The second kappa shape index (κ2) is 8.84. The third-order valence-electron chi connectivity index (χ3n) is 4.31. The quantitative estimate of drug-likeness (QED) is 0.741. The highest BCUT2D eigenvalue weighted by Gasteiger charge is 2.45. The normalized spacial score (nSPS) is 23.8. The predicted octanol–water partition coefficient (Wildman–Crippen LogP) is 4.70. The minimum absolute atomic E-state index is 0. The highest BCUT2D eigenvalue weighted by atomic mass is 16.5.